The molecule has 0 N–H and O–H groups in total. The molecule has 0 saturated carbocycles. The van der Waals surface area contributed by atoms with Gasteiger partial charge in [-0.05, 0) is 37.6 Å². The number of nitriles is 1. The van der Waals surface area contributed by atoms with Gasteiger partial charge in [0.2, 0.25) is 5.82 Å². The second-order valence-electron chi connectivity index (χ2n) is 6.84. The summed E-state index contributed by atoms with van der Waals surface area (Å²) in [5.41, 5.74) is 3.11. The fourth-order valence-electron chi connectivity index (χ4n) is 2.92. The second-order valence-corrected chi connectivity index (χ2v) is 6.84. The Balaban J connectivity index is 1.54. The van der Waals surface area contributed by atoms with Gasteiger partial charge < -0.3 is 13.8 Å². The Hall–Kier alpha value is -3.92. The van der Waals surface area contributed by atoms with Gasteiger partial charge in [0.1, 0.15) is 11.8 Å². The standard InChI is InChI=1S/C22H19N5O2/c1-15(2)28-20-8-7-18(11-19(20)12-23)22-25-21(26-29-22)17-5-3-16(4-6-17)13-27-10-9-24-14-27/h3-11,14-15H,13H2,1-2H3. The van der Waals surface area contributed by atoms with Crippen molar-refractivity contribution in [2.24, 2.45) is 0 Å². The highest BCUT2D eigenvalue weighted by molar-refractivity contribution is 5.63. The second kappa shape index (κ2) is 7.98. The topological polar surface area (TPSA) is 89.8 Å². The lowest BCUT2D eigenvalue weighted by atomic mass is 10.1. The fraction of sp³-hybridized carbons (Fsp3) is 0.182. The summed E-state index contributed by atoms with van der Waals surface area (Å²) in [6.07, 6.45) is 5.45. The van der Waals surface area contributed by atoms with Crippen LogP contribution in [0.3, 0.4) is 0 Å². The summed E-state index contributed by atoms with van der Waals surface area (Å²) in [7, 11) is 0. The third-order valence-electron chi connectivity index (χ3n) is 4.27. The van der Waals surface area contributed by atoms with E-state index in [0.29, 0.717) is 28.6 Å². The Kier molecular flexibility index (Phi) is 5.08. The molecule has 0 unspecified atom stereocenters. The Morgan fingerprint density at radius 3 is 2.62 bits per heavy atom. The van der Waals surface area contributed by atoms with E-state index < -0.39 is 0 Å². The Morgan fingerprint density at radius 1 is 1.14 bits per heavy atom. The van der Waals surface area contributed by atoms with Gasteiger partial charge in [-0.25, -0.2) is 4.98 Å². The first-order valence-corrected chi connectivity index (χ1v) is 9.22. The molecule has 0 fully saturated rings. The first kappa shape index (κ1) is 18.4. The SMILES string of the molecule is CC(C)Oc1ccc(-c2nc(-c3ccc(Cn4ccnc4)cc3)no2)cc1C#N. The lowest BCUT2D eigenvalue weighted by Crippen LogP contribution is -2.06. The number of hydrogen-bond donors (Lipinski definition) is 0. The van der Waals surface area contributed by atoms with Gasteiger partial charge >= 0.3 is 0 Å². The molecule has 4 aromatic rings. The highest BCUT2D eigenvalue weighted by atomic mass is 16.5. The molecule has 4 rings (SSSR count). The van der Waals surface area contributed by atoms with E-state index in [-0.39, 0.29) is 6.10 Å². The van der Waals surface area contributed by atoms with Gasteiger partial charge in [-0.15, -0.1) is 0 Å². The molecule has 0 saturated heterocycles. The number of benzene rings is 2. The van der Waals surface area contributed by atoms with Crippen LogP contribution in [0.25, 0.3) is 22.8 Å². The van der Waals surface area contributed by atoms with Crippen molar-refractivity contribution in [1.29, 1.82) is 5.26 Å². The first-order valence-electron chi connectivity index (χ1n) is 9.22. The molecule has 144 valence electrons. The molecular formula is C22H19N5O2. The highest BCUT2D eigenvalue weighted by Crippen LogP contribution is 2.28. The number of rotatable bonds is 6. The average molecular weight is 385 g/mol. The van der Waals surface area contributed by atoms with Crippen LogP contribution in [-0.2, 0) is 6.54 Å². The van der Waals surface area contributed by atoms with Gasteiger partial charge in [-0.2, -0.15) is 10.2 Å². The number of ether oxygens (including phenoxy) is 1. The normalized spacial score (nSPS) is 10.8. The van der Waals surface area contributed by atoms with Gasteiger partial charge in [0.25, 0.3) is 5.89 Å². The van der Waals surface area contributed by atoms with E-state index in [4.69, 9.17) is 9.26 Å². The largest absolute Gasteiger partial charge is 0.490 e. The Morgan fingerprint density at radius 2 is 1.93 bits per heavy atom. The third kappa shape index (κ3) is 4.17. The number of aromatic nitrogens is 4. The smallest absolute Gasteiger partial charge is 0.258 e. The maximum Gasteiger partial charge on any atom is 0.258 e. The molecule has 2 aromatic carbocycles. The summed E-state index contributed by atoms with van der Waals surface area (Å²) in [6, 6.07) is 15.4. The average Bonchev–Trinajstić information content (AvgIpc) is 3.41. The fourth-order valence-corrected chi connectivity index (χ4v) is 2.92. The lowest BCUT2D eigenvalue weighted by molar-refractivity contribution is 0.242. The number of nitrogens with zero attached hydrogens (tertiary/aromatic N) is 5. The van der Waals surface area contributed by atoms with Gasteiger partial charge in [-0.3, -0.25) is 0 Å². The molecule has 2 aromatic heterocycles. The predicted octanol–water partition coefficient (Wildman–Crippen LogP) is 4.31. The van der Waals surface area contributed by atoms with Crippen LogP contribution in [0, 0.1) is 11.3 Å². The van der Waals surface area contributed by atoms with Crippen LogP contribution in [0.2, 0.25) is 0 Å². The van der Waals surface area contributed by atoms with Crippen LogP contribution >= 0.6 is 0 Å². The van der Waals surface area contributed by atoms with E-state index in [1.54, 1.807) is 24.7 Å². The molecule has 0 spiro atoms. The summed E-state index contributed by atoms with van der Waals surface area (Å²) < 4.78 is 13.1. The van der Waals surface area contributed by atoms with E-state index >= 15 is 0 Å². The van der Waals surface area contributed by atoms with Gasteiger partial charge in [0, 0.05) is 30.1 Å². The lowest BCUT2D eigenvalue weighted by Gasteiger charge is -2.11. The minimum atomic E-state index is -0.0142. The third-order valence-corrected chi connectivity index (χ3v) is 4.27. The number of hydrogen-bond acceptors (Lipinski definition) is 6. The van der Waals surface area contributed by atoms with Crippen molar-refractivity contribution in [1.82, 2.24) is 19.7 Å². The molecule has 0 radical (unpaired) electrons. The van der Waals surface area contributed by atoms with Gasteiger partial charge in [0.15, 0.2) is 0 Å². The molecule has 2 heterocycles. The molecular weight excluding hydrogens is 366 g/mol. The quantitative estimate of drug-likeness (QED) is 0.491. The summed E-state index contributed by atoms with van der Waals surface area (Å²) in [5, 5.41) is 13.5. The predicted molar refractivity (Wildman–Crippen MR) is 107 cm³/mol. The molecule has 0 amide bonds. The molecule has 0 aliphatic carbocycles. The van der Waals surface area contributed by atoms with E-state index in [2.05, 4.69) is 21.2 Å². The molecule has 0 atom stereocenters. The monoisotopic (exact) mass is 385 g/mol. The molecule has 7 heteroatoms. The van der Waals surface area contributed by atoms with Crippen molar-refractivity contribution in [3.63, 3.8) is 0 Å². The van der Waals surface area contributed by atoms with E-state index in [0.717, 1.165) is 17.7 Å². The van der Waals surface area contributed by atoms with Crippen molar-refractivity contribution in [3.05, 3.63) is 72.3 Å². The zero-order valence-corrected chi connectivity index (χ0v) is 16.1. The molecule has 29 heavy (non-hydrogen) atoms. The van der Waals surface area contributed by atoms with Crippen molar-refractivity contribution in [2.75, 3.05) is 0 Å². The highest BCUT2D eigenvalue weighted by Gasteiger charge is 2.14. The first-order chi connectivity index (χ1) is 14.1. The maximum atomic E-state index is 9.40. The zero-order valence-electron chi connectivity index (χ0n) is 16.1. The van der Waals surface area contributed by atoms with Gasteiger partial charge in [0.05, 0.1) is 18.0 Å². The van der Waals surface area contributed by atoms with Crippen LogP contribution in [0.4, 0.5) is 0 Å². The van der Waals surface area contributed by atoms with Crippen LogP contribution < -0.4 is 4.74 Å². The van der Waals surface area contributed by atoms with Crippen LogP contribution in [0.15, 0.2) is 65.7 Å². The van der Waals surface area contributed by atoms with Gasteiger partial charge in [-0.1, -0.05) is 29.4 Å². The van der Waals surface area contributed by atoms with E-state index in [1.807, 2.05) is 54.9 Å². The Labute approximate surface area is 168 Å². The van der Waals surface area contributed by atoms with Crippen molar-refractivity contribution >= 4 is 0 Å². The van der Waals surface area contributed by atoms with Crippen molar-refractivity contribution in [3.8, 4) is 34.7 Å². The minimum Gasteiger partial charge on any atom is -0.490 e. The molecule has 7 nitrogen and oxygen atoms in total. The van der Waals surface area contributed by atoms with Crippen LogP contribution in [0.5, 0.6) is 5.75 Å². The molecule has 0 bridgehead atoms. The molecule has 0 aliphatic rings. The summed E-state index contributed by atoms with van der Waals surface area (Å²) in [5.74, 6) is 1.39. The maximum absolute atomic E-state index is 9.40. The minimum absolute atomic E-state index is 0.0142. The van der Waals surface area contributed by atoms with Crippen molar-refractivity contribution in [2.45, 2.75) is 26.5 Å². The zero-order chi connectivity index (χ0) is 20.2. The van der Waals surface area contributed by atoms with Crippen LogP contribution in [-0.4, -0.2) is 25.8 Å². The number of imidazole rings is 1. The Bertz CT molecular complexity index is 1140. The van der Waals surface area contributed by atoms with E-state index in [1.165, 1.54) is 0 Å². The summed E-state index contributed by atoms with van der Waals surface area (Å²) in [4.78, 5) is 8.53. The summed E-state index contributed by atoms with van der Waals surface area (Å²) in [6.45, 7) is 4.58. The molecule has 0 aliphatic heterocycles. The van der Waals surface area contributed by atoms with Crippen molar-refractivity contribution < 1.29 is 9.26 Å². The van der Waals surface area contributed by atoms with E-state index in [9.17, 15) is 5.26 Å². The van der Waals surface area contributed by atoms with Crippen LogP contribution in [0.1, 0.15) is 25.0 Å². The summed E-state index contributed by atoms with van der Waals surface area (Å²) >= 11 is 0.